The van der Waals surface area contributed by atoms with Crippen molar-refractivity contribution in [3.8, 4) is 0 Å². The molecule has 3 aliphatic rings. The number of aryl methyl sites for hydroxylation is 2. The highest BCUT2D eigenvalue weighted by molar-refractivity contribution is 5.92. The number of nitrogens with zero attached hydrogens (tertiary/aromatic N) is 4. The van der Waals surface area contributed by atoms with Gasteiger partial charge >= 0.3 is 0 Å². The van der Waals surface area contributed by atoms with Crippen LogP contribution in [0.1, 0.15) is 55.7 Å². The zero-order valence-electron chi connectivity index (χ0n) is 18.4. The van der Waals surface area contributed by atoms with Crippen molar-refractivity contribution in [1.82, 2.24) is 24.9 Å². The van der Waals surface area contributed by atoms with Gasteiger partial charge in [0.25, 0.3) is 5.91 Å². The standard InChI is InChI=1S/C22H33N5O3/c1-13(2)21(29)23-10-19-16-9-15(18-6-5-7-20(28)27(18)19)11-26(12-16)22(30)17-8-14(3)25(4)24-17/h8,13,15-16,18-19H,5-7,9-12H2,1-4H3,(H,23,29)/t15-,16-,18-,19-/m0/s1. The molecule has 0 saturated carbocycles. The summed E-state index contributed by atoms with van der Waals surface area (Å²) in [6.45, 7) is 7.41. The van der Waals surface area contributed by atoms with Crippen LogP contribution >= 0.6 is 0 Å². The van der Waals surface area contributed by atoms with Gasteiger partial charge in [-0.15, -0.1) is 0 Å². The van der Waals surface area contributed by atoms with Crippen molar-refractivity contribution in [3.05, 3.63) is 17.5 Å². The Bertz CT molecular complexity index is 828. The third kappa shape index (κ3) is 3.72. The molecule has 1 aromatic heterocycles. The molecule has 3 amide bonds. The second-order valence-electron chi connectivity index (χ2n) is 9.49. The molecule has 2 bridgehead atoms. The first-order valence-corrected chi connectivity index (χ1v) is 11.1. The first-order chi connectivity index (χ1) is 14.3. The Kier molecular flexibility index (Phi) is 5.59. The smallest absolute Gasteiger partial charge is 0.274 e. The minimum atomic E-state index is -0.0916. The summed E-state index contributed by atoms with van der Waals surface area (Å²) in [5.74, 6) is 0.540. The summed E-state index contributed by atoms with van der Waals surface area (Å²) in [5.41, 5.74) is 1.44. The van der Waals surface area contributed by atoms with Crippen molar-refractivity contribution >= 4 is 17.7 Å². The Hall–Kier alpha value is -2.38. The van der Waals surface area contributed by atoms with Crippen LogP contribution in [0, 0.1) is 24.7 Å². The predicted octanol–water partition coefficient (Wildman–Crippen LogP) is 1.34. The van der Waals surface area contributed by atoms with Crippen molar-refractivity contribution in [3.63, 3.8) is 0 Å². The molecule has 3 aliphatic heterocycles. The summed E-state index contributed by atoms with van der Waals surface area (Å²) in [4.78, 5) is 42.2. The van der Waals surface area contributed by atoms with E-state index in [9.17, 15) is 14.4 Å². The van der Waals surface area contributed by atoms with Gasteiger partial charge in [-0.1, -0.05) is 13.8 Å². The van der Waals surface area contributed by atoms with Crippen LogP contribution in [0.25, 0.3) is 0 Å². The van der Waals surface area contributed by atoms with Crippen molar-refractivity contribution in [1.29, 1.82) is 0 Å². The van der Waals surface area contributed by atoms with E-state index >= 15 is 0 Å². The zero-order chi connectivity index (χ0) is 21.6. The van der Waals surface area contributed by atoms with Gasteiger partial charge in [-0.3, -0.25) is 19.1 Å². The molecule has 3 saturated heterocycles. The fraction of sp³-hybridized carbons (Fsp3) is 0.727. The Labute approximate surface area is 178 Å². The van der Waals surface area contributed by atoms with Crippen molar-refractivity contribution in [2.24, 2.45) is 24.8 Å². The van der Waals surface area contributed by atoms with Crippen LogP contribution in [0.15, 0.2) is 6.07 Å². The highest BCUT2D eigenvalue weighted by Gasteiger charge is 2.50. The number of amides is 3. The highest BCUT2D eigenvalue weighted by atomic mass is 16.2. The Balaban J connectivity index is 1.57. The molecule has 4 rings (SSSR count). The summed E-state index contributed by atoms with van der Waals surface area (Å²) in [6.07, 6.45) is 3.46. The van der Waals surface area contributed by atoms with Gasteiger partial charge in [0.15, 0.2) is 5.69 Å². The third-order valence-corrected chi connectivity index (χ3v) is 7.13. The molecule has 0 radical (unpaired) electrons. The van der Waals surface area contributed by atoms with E-state index in [4.69, 9.17) is 0 Å². The number of carbonyl (C=O) groups excluding carboxylic acids is 3. The molecule has 0 aromatic carbocycles. The molecule has 8 nitrogen and oxygen atoms in total. The number of carbonyl (C=O) groups is 3. The monoisotopic (exact) mass is 415 g/mol. The van der Waals surface area contributed by atoms with Crippen molar-refractivity contribution in [2.75, 3.05) is 19.6 Å². The van der Waals surface area contributed by atoms with Crippen LogP contribution in [0.5, 0.6) is 0 Å². The quantitative estimate of drug-likeness (QED) is 0.804. The number of piperidine rings is 3. The lowest BCUT2D eigenvalue weighted by Crippen LogP contribution is -2.67. The number of fused-ring (bicyclic) bond motifs is 4. The van der Waals surface area contributed by atoms with Crippen LogP contribution in [-0.2, 0) is 16.6 Å². The topological polar surface area (TPSA) is 87.5 Å². The maximum Gasteiger partial charge on any atom is 0.274 e. The van der Waals surface area contributed by atoms with Crippen molar-refractivity contribution in [2.45, 2.75) is 58.5 Å². The molecule has 3 fully saturated rings. The van der Waals surface area contributed by atoms with Gasteiger partial charge in [-0.25, -0.2) is 0 Å². The molecular formula is C22H33N5O3. The zero-order valence-corrected chi connectivity index (χ0v) is 18.4. The molecule has 0 spiro atoms. The average molecular weight is 416 g/mol. The minimum absolute atomic E-state index is 0.00540. The number of nitrogens with one attached hydrogen (secondary N) is 1. The normalized spacial score (nSPS) is 28.5. The van der Waals surface area contributed by atoms with E-state index in [0.717, 1.165) is 25.0 Å². The Morgan fingerprint density at radius 3 is 2.67 bits per heavy atom. The molecule has 1 N–H and O–H groups in total. The molecule has 30 heavy (non-hydrogen) atoms. The maximum absolute atomic E-state index is 13.2. The lowest BCUT2D eigenvalue weighted by atomic mass is 9.72. The van der Waals surface area contributed by atoms with Gasteiger partial charge in [0.1, 0.15) is 0 Å². The minimum Gasteiger partial charge on any atom is -0.354 e. The van der Waals surface area contributed by atoms with Gasteiger partial charge in [-0.2, -0.15) is 5.10 Å². The third-order valence-electron chi connectivity index (χ3n) is 7.13. The van der Waals surface area contributed by atoms with E-state index in [-0.39, 0.29) is 41.6 Å². The van der Waals surface area contributed by atoms with E-state index in [1.54, 1.807) is 4.68 Å². The summed E-state index contributed by atoms with van der Waals surface area (Å²) in [7, 11) is 1.84. The van der Waals surface area contributed by atoms with Crippen LogP contribution in [0.4, 0.5) is 0 Å². The molecule has 0 unspecified atom stereocenters. The van der Waals surface area contributed by atoms with Crippen LogP contribution in [0.3, 0.4) is 0 Å². The largest absolute Gasteiger partial charge is 0.354 e. The summed E-state index contributed by atoms with van der Waals surface area (Å²) >= 11 is 0. The number of rotatable bonds is 4. The summed E-state index contributed by atoms with van der Waals surface area (Å²) in [5, 5.41) is 7.42. The van der Waals surface area contributed by atoms with Gasteiger partial charge in [-0.05, 0) is 44.1 Å². The first-order valence-electron chi connectivity index (χ1n) is 11.1. The fourth-order valence-electron chi connectivity index (χ4n) is 5.44. The van der Waals surface area contributed by atoms with E-state index in [0.29, 0.717) is 37.7 Å². The van der Waals surface area contributed by atoms with E-state index in [1.165, 1.54) is 0 Å². The van der Waals surface area contributed by atoms with Gasteiger partial charge < -0.3 is 15.1 Å². The lowest BCUT2D eigenvalue weighted by Gasteiger charge is -2.56. The Morgan fingerprint density at radius 2 is 2.00 bits per heavy atom. The number of hydrogen-bond donors (Lipinski definition) is 1. The Morgan fingerprint density at radius 1 is 1.27 bits per heavy atom. The van der Waals surface area contributed by atoms with Crippen LogP contribution in [0.2, 0.25) is 0 Å². The average Bonchev–Trinajstić information content (AvgIpc) is 3.05. The van der Waals surface area contributed by atoms with E-state index in [1.807, 2.05) is 38.8 Å². The molecule has 1 aromatic rings. The van der Waals surface area contributed by atoms with Crippen molar-refractivity contribution < 1.29 is 14.4 Å². The maximum atomic E-state index is 13.2. The van der Waals surface area contributed by atoms with E-state index in [2.05, 4.69) is 15.3 Å². The molecular weight excluding hydrogens is 382 g/mol. The molecule has 4 heterocycles. The molecule has 8 heteroatoms. The number of hydrogen-bond acceptors (Lipinski definition) is 4. The summed E-state index contributed by atoms with van der Waals surface area (Å²) in [6, 6.07) is 1.94. The number of likely N-dealkylation sites (tertiary alicyclic amines) is 1. The number of aromatic nitrogens is 2. The fourth-order valence-corrected chi connectivity index (χ4v) is 5.44. The second kappa shape index (κ2) is 8.04. The molecule has 0 aliphatic carbocycles. The first kappa shape index (κ1) is 20.9. The van der Waals surface area contributed by atoms with Crippen LogP contribution in [-0.4, -0.2) is 69.0 Å². The SMILES string of the molecule is Cc1cc(C(=O)N2C[C@@H]3C[C@@H](C2)[C@H](CNC(=O)C(C)C)N2C(=O)CCC[C@@H]32)nn1C. The van der Waals surface area contributed by atoms with E-state index < -0.39 is 0 Å². The summed E-state index contributed by atoms with van der Waals surface area (Å²) < 4.78 is 1.73. The predicted molar refractivity (Wildman–Crippen MR) is 112 cm³/mol. The highest BCUT2D eigenvalue weighted by Crippen LogP contribution is 2.41. The molecule has 164 valence electrons. The second-order valence-corrected chi connectivity index (χ2v) is 9.49. The van der Waals surface area contributed by atoms with Gasteiger partial charge in [0.05, 0.1) is 6.04 Å². The van der Waals surface area contributed by atoms with Gasteiger partial charge in [0.2, 0.25) is 11.8 Å². The lowest BCUT2D eigenvalue weighted by molar-refractivity contribution is -0.152. The molecule has 4 atom stereocenters. The van der Waals surface area contributed by atoms with Crippen LogP contribution < -0.4 is 5.32 Å². The van der Waals surface area contributed by atoms with Gasteiger partial charge in [0, 0.05) is 50.8 Å².